The standard InChI is InChI=1S/C17H17NOS2/c1-2-18-9-15(7-13-3-5-20-11-13)17(19)16(10-18)8-14-4-6-21-12-14/h3-8,11-12H,2,9-10H2,1H3/b15-7+,16-8+. The van der Waals surface area contributed by atoms with Gasteiger partial charge in [0, 0.05) is 24.2 Å². The van der Waals surface area contributed by atoms with Crippen LogP contribution in [0.2, 0.25) is 0 Å². The van der Waals surface area contributed by atoms with Crippen molar-refractivity contribution in [1.82, 2.24) is 4.90 Å². The highest BCUT2D eigenvalue weighted by Crippen LogP contribution is 2.23. The predicted octanol–water partition coefficient (Wildman–Crippen LogP) is 4.18. The van der Waals surface area contributed by atoms with Crippen molar-refractivity contribution in [2.24, 2.45) is 0 Å². The minimum Gasteiger partial charge on any atom is -0.295 e. The van der Waals surface area contributed by atoms with E-state index in [1.165, 1.54) is 0 Å². The van der Waals surface area contributed by atoms with E-state index in [9.17, 15) is 4.79 Å². The Balaban J connectivity index is 1.93. The van der Waals surface area contributed by atoms with Gasteiger partial charge in [-0.25, -0.2) is 0 Å². The molecule has 2 aromatic rings. The number of rotatable bonds is 3. The summed E-state index contributed by atoms with van der Waals surface area (Å²) in [6, 6.07) is 4.11. The molecule has 0 unspecified atom stereocenters. The van der Waals surface area contributed by atoms with Crippen LogP contribution in [-0.4, -0.2) is 30.3 Å². The lowest BCUT2D eigenvalue weighted by atomic mass is 9.95. The molecule has 21 heavy (non-hydrogen) atoms. The van der Waals surface area contributed by atoms with Gasteiger partial charge < -0.3 is 0 Å². The second-order valence-electron chi connectivity index (χ2n) is 5.08. The van der Waals surface area contributed by atoms with Crippen LogP contribution in [0.3, 0.4) is 0 Å². The molecule has 1 aliphatic rings. The third-order valence-electron chi connectivity index (χ3n) is 3.59. The minimum atomic E-state index is 0.192. The zero-order valence-electron chi connectivity index (χ0n) is 11.9. The monoisotopic (exact) mass is 315 g/mol. The summed E-state index contributed by atoms with van der Waals surface area (Å²) in [7, 11) is 0. The summed E-state index contributed by atoms with van der Waals surface area (Å²) < 4.78 is 0. The topological polar surface area (TPSA) is 20.3 Å². The van der Waals surface area contributed by atoms with Crippen molar-refractivity contribution in [3.63, 3.8) is 0 Å². The van der Waals surface area contributed by atoms with Gasteiger partial charge in [0.05, 0.1) is 0 Å². The first-order valence-electron chi connectivity index (χ1n) is 6.99. The number of ketones is 1. The Morgan fingerprint density at radius 2 is 1.57 bits per heavy atom. The third kappa shape index (κ3) is 3.40. The highest BCUT2D eigenvalue weighted by atomic mass is 32.1. The first-order chi connectivity index (χ1) is 10.3. The summed E-state index contributed by atoms with van der Waals surface area (Å²) in [5.41, 5.74) is 4.03. The maximum Gasteiger partial charge on any atom is 0.187 e. The quantitative estimate of drug-likeness (QED) is 0.792. The van der Waals surface area contributed by atoms with Gasteiger partial charge in [-0.15, -0.1) is 0 Å². The highest BCUT2D eigenvalue weighted by Gasteiger charge is 2.25. The summed E-state index contributed by atoms with van der Waals surface area (Å²) >= 11 is 3.32. The van der Waals surface area contributed by atoms with E-state index in [2.05, 4.69) is 34.7 Å². The lowest BCUT2D eigenvalue weighted by molar-refractivity contribution is -0.113. The van der Waals surface area contributed by atoms with Crippen LogP contribution in [0.1, 0.15) is 18.1 Å². The molecule has 1 aliphatic heterocycles. The molecule has 3 heterocycles. The number of hydrogen-bond acceptors (Lipinski definition) is 4. The van der Waals surface area contributed by atoms with Crippen molar-refractivity contribution in [1.29, 1.82) is 0 Å². The van der Waals surface area contributed by atoms with E-state index in [1.807, 2.05) is 22.9 Å². The van der Waals surface area contributed by atoms with Gasteiger partial charge in [0.25, 0.3) is 0 Å². The van der Waals surface area contributed by atoms with Crippen LogP contribution in [-0.2, 0) is 4.79 Å². The van der Waals surface area contributed by atoms with E-state index in [0.29, 0.717) is 0 Å². The zero-order chi connectivity index (χ0) is 14.7. The molecule has 0 amide bonds. The van der Waals surface area contributed by atoms with E-state index in [0.717, 1.165) is 41.9 Å². The predicted molar refractivity (Wildman–Crippen MR) is 91.7 cm³/mol. The maximum atomic E-state index is 12.7. The van der Waals surface area contributed by atoms with E-state index in [4.69, 9.17) is 0 Å². The lowest BCUT2D eigenvalue weighted by Crippen LogP contribution is -2.37. The maximum absolute atomic E-state index is 12.7. The van der Waals surface area contributed by atoms with Gasteiger partial charge in [-0.2, -0.15) is 22.7 Å². The smallest absolute Gasteiger partial charge is 0.187 e. The van der Waals surface area contributed by atoms with Crippen LogP contribution < -0.4 is 0 Å². The van der Waals surface area contributed by atoms with Gasteiger partial charge in [0.1, 0.15) is 0 Å². The summed E-state index contributed by atoms with van der Waals surface area (Å²) in [6.07, 6.45) is 4.06. The van der Waals surface area contributed by atoms with Crippen LogP contribution in [0.15, 0.2) is 44.8 Å². The fourth-order valence-corrected chi connectivity index (χ4v) is 3.69. The molecule has 0 N–H and O–H groups in total. The van der Waals surface area contributed by atoms with Crippen molar-refractivity contribution in [3.8, 4) is 0 Å². The number of hydrogen-bond donors (Lipinski definition) is 0. The van der Waals surface area contributed by atoms with Crippen molar-refractivity contribution in [2.45, 2.75) is 6.92 Å². The molecule has 108 valence electrons. The first kappa shape index (κ1) is 14.4. The number of thiophene rings is 2. The van der Waals surface area contributed by atoms with Crippen molar-refractivity contribution in [2.75, 3.05) is 19.6 Å². The molecule has 0 radical (unpaired) electrons. The van der Waals surface area contributed by atoms with Crippen LogP contribution in [0.4, 0.5) is 0 Å². The van der Waals surface area contributed by atoms with Gasteiger partial charge in [-0.3, -0.25) is 9.69 Å². The molecule has 1 saturated heterocycles. The van der Waals surface area contributed by atoms with E-state index in [1.54, 1.807) is 22.7 Å². The SMILES string of the molecule is CCN1C/C(=C\c2ccsc2)C(=O)/C(=C/c2ccsc2)C1. The number of carbonyl (C=O) groups excluding carboxylic acids is 1. The number of carbonyl (C=O) groups is 1. The fraction of sp³-hybridized carbons (Fsp3) is 0.235. The fourth-order valence-electron chi connectivity index (χ4n) is 2.45. The second kappa shape index (κ2) is 6.52. The van der Waals surface area contributed by atoms with Gasteiger partial charge in [0.2, 0.25) is 0 Å². The largest absolute Gasteiger partial charge is 0.295 e. The molecule has 0 atom stereocenters. The van der Waals surface area contributed by atoms with Crippen LogP contribution in [0.25, 0.3) is 12.2 Å². The average Bonchev–Trinajstić information content (AvgIpc) is 3.16. The molecule has 1 fully saturated rings. The third-order valence-corrected chi connectivity index (χ3v) is 4.99. The molecule has 0 bridgehead atoms. The van der Waals surface area contributed by atoms with Crippen LogP contribution >= 0.6 is 22.7 Å². The Labute approximate surface area is 133 Å². The molecule has 4 heteroatoms. The number of piperidine rings is 1. The zero-order valence-corrected chi connectivity index (χ0v) is 13.5. The van der Waals surface area contributed by atoms with Crippen molar-refractivity contribution in [3.05, 3.63) is 55.9 Å². The Kier molecular flexibility index (Phi) is 4.48. The summed E-state index contributed by atoms with van der Waals surface area (Å²) in [5, 5.41) is 8.24. The second-order valence-corrected chi connectivity index (χ2v) is 6.64. The van der Waals surface area contributed by atoms with Crippen LogP contribution in [0.5, 0.6) is 0 Å². The van der Waals surface area contributed by atoms with Gasteiger partial charge >= 0.3 is 0 Å². The van der Waals surface area contributed by atoms with Crippen molar-refractivity contribution < 1.29 is 4.79 Å². The van der Waals surface area contributed by atoms with E-state index in [-0.39, 0.29) is 5.78 Å². The average molecular weight is 315 g/mol. The van der Waals surface area contributed by atoms with Gasteiger partial charge in [0.15, 0.2) is 5.78 Å². The molecule has 0 aliphatic carbocycles. The van der Waals surface area contributed by atoms with Crippen molar-refractivity contribution >= 4 is 40.6 Å². The molecule has 0 spiro atoms. The molecular formula is C17H17NOS2. The summed E-state index contributed by atoms with van der Waals surface area (Å²) in [6.45, 7) is 4.58. The number of Topliss-reactive ketones (excluding diaryl/α,β-unsaturated/α-hetero) is 1. The summed E-state index contributed by atoms with van der Waals surface area (Å²) in [5.74, 6) is 0.192. The number of nitrogens with zero attached hydrogens (tertiary/aromatic N) is 1. The Hall–Kier alpha value is -1.49. The molecule has 0 saturated carbocycles. The lowest BCUT2D eigenvalue weighted by Gasteiger charge is -2.28. The molecule has 2 nitrogen and oxygen atoms in total. The Morgan fingerprint density at radius 3 is 1.95 bits per heavy atom. The molecular weight excluding hydrogens is 298 g/mol. The van der Waals surface area contributed by atoms with E-state index < -0.39 is 0 Å². The highest BCUT2D eigenvalue weighted by molar-refractivity contribution is 7.08. The van der Waals surface area contributed by atoms with E-state index >= 15 is 0 Å². The van der Waals surface area contributed by atoms with Gasteiger partial charge in [-0.1, -0.05) is 6.92 Å². The minimum absolute atomic E-state index is 0.192. The normalized spacial score (nSPS) is 20.5. The van der Waals surface area contributed by atoms with Gasteiger partial charge in [-0.05, 0) is 63.5 Å². The molecule has 2 aromatic heterocycles. The number of likely N-dealkylation sites (N-methyl/N-ethyl adjacent to an activating group) is 1. The summed E-state index contributed by atoms with van der Waals surface area (Å²) in [4.78, 5) is 15.0. The molecule has 0 aromatic carbocycles. The number of likely N-dealkylation sites (tertiary alicyclic amines) is 1. The Bertz CT molecular complexity index is 609. The van der Waals surface area contributed by atoms with Crippen LogP contribution in [0, 0.1) is 0 Å². The molecule has 3 rings (SSSR count). The Morgan fingerprint density at radius 1 is 1.05 bits per heavy atom. The first-order valence-corrected chi connectivity index (χ1v) is 8.87.